The van der Waals surface area contributed by atoms with E-state index in [2.05, 4.69) is 32.1 Å². The molecule has 2 heteroatoms. The van der Waals surface area contributed by atoms with E-state index in [-0.39, 0.29) is 18.0 Å². The molecule has 2 fully saturated rings. The fraction of sp³-hybridized carbons (Fsp3) is 0.688. The number of cyclic esters (lactones) is 1. The topological polar surface area (TPSA) is 26.3 Å². The highest BCUT2D eigenvalue weighted by molar-refractivity contribution is 5.78. The summed E-state index contributed by atoms with van der Waals surface area (Å²) in [7, 11) is 0. The van der Waals surface area contributed by atoms with Crippen LogP contribution in [-0.2, 0) is 9.53 Å². The predicted molar refractivity (Wildman–Crippen MR) is 70.9 cm³/mol. The van der Waals surface area contributed by atoms with Gasteiger partial charge in [-0.3, -0.25) is 4.79 Å². The number of carbonyl (C=O) groups is 1. The first-order valence-corrected chi connectivity index (χ1v) is 7.26. The third-order valence-corrected chi connectivity index (χ3v) is 4.96. The Bertz CT molecular complexity index is 407. The normalized spacial score (nSPS) is 43.3. The van der Waals surface area contributed by atoms with E-state index in [1.165, 1.54) is 31.3 Å². The lowest BCUT2D eigenvalue weighted by atomic mass is 9.62. The first-order chi connectivity index (χ1) is 8.72. The lowest BCUT2D eigenvalue weighted by Gasteiger charge is -2.40. The minimum Gasteiger partial charge on any atom is -0.462 e. The average Bonchev–Trinajstić information content (AvgIpc) is 2.65. The van der Waals surface area contributed by atoms with Crippen molar-refractivity contribution in [1.29, 1.82) is 0 Å². The number of hydrogen-bond donors (Lipinski definition) is 0. The predicted octanol–water partition coefficient (Wildman–Crippen LogP) is 3.49. The maximum atomic E-state index is 12.0. The lowest BCUT2D eigenvalue weighted by molar-refractivity contribution is -0.142. The molecule has 0 aromatic rings. The Morgan fingerprint density at radius 2 is 2.22 bits per heavy atom. The second-order valence-electron chi connectivity index (χ2n) is 5.94. The van der Waals surface area contributed by atoms with Crippen molar-refractivity contribution < 1.29 is 9.53 Å². The smallest absolute Gasteiger partial charge is 0.313 e. The standard InChI is InChI=1S/C16H22O2/c1-3-6-13-12-8-5-4-7-11(12)9-14-15(13)10(2)18-16(14)17/h3,6,9-10,12-15H,4-5,7-8H2,1-2H3/b6-3+/t10-,12-,13?,14-,15+/m0/s1. The number of fused-ring (bicyclic) bond motifs is 2. The van der Waals surface area contributed by atoms with Crippen LogP contribution in [-0.4, -0.2) is 12.1 Å². The molecule has 18 heavy (non-hydrogen) atoms. The molecule has 5 atom stereocenters. The molecule has 0 N–H and O–H groups in total. The van der Waals surface area contributed by atoms with E-state index in [9.17, 15) is 4.79 Å². The Kier molecular flexibility index (Phi) is 3.04. The molecule has 0 aromatic heterocycles. The molecule has 1 aliphatic heterocycles. The molecular weight excluding hydrogens is 224 g/mol. The number of rotatable bonds is 1. The van der Waals surface area contributed by atoms with Crippen LogP contribution in [0.15, 0.2) is 23.8 Å². The van der Waals surface area contributed by atoms with Crippen molar-refractivity contribution in [3.63, 3.8) is 0 Å². The third-order valence-electron chi connectivity index (χ3n) is 4.96. The van der Waals surface area contributed by atoms with Crippen molar-refractivity contribution in [2.24, 2.45) is 23.7 Å². The van der Waals surface area contributed by atoms with Crippen LogP contribution in [0.5, 0.6) is 0 Å². The Morgan fingerprint density at radius 3 is 3.00 bits per heavy atom. The van der Waals surface area contributed by atoms with E-state index in [0.717, 1.165) is 0 Å². The summed E-state index contributed by atoms with van der Waals surface area (Å²) in [4.78, 5) is 12.0. The van der Waals surface area contributed by atoms with E-state index >= 15 is 0 Å². The van der Waals surface area contributed by atoms with Crippen LogP contribution in [0.4, 0.5) is 0 Å². The molecule has 98 valence electrons. The highest BCUT2D eigenvalue weighted by Crippen LogP contribution is 2.50. The highest BCUT2D eigenvalue weighted by atomic mass is 16.6. The molecule has 3 rings (SSSR count). The molecule has 1 saturated heterocycles. The number of hydrogen-bond acceptors (Lipinski definition) is 2. The summed E-state index contributed by atoms with van der Waals surface area (Å²) in [6, 6.07) is 0. The van der Waals surface area contributed by atoms with Crippen LogP contribution < -0.4 is 0 Å². The van der Waals surface area contributed by atoms with Gasteiger partial charge in [0.1, 0.15) is 6.10 Å². The zero-order valence-electron chi connectivity index (χ0n) is 11.3. The summed E-state index contributed by atoms with van der Waals surface area (Å²) in [5.74, 6) is 1.54. The number of carbonyl (C=O) groups excluding carboxylic acids is 1. The second-order valence-corrected chi connectivity index (χ2v) is 5.94. The van der Waals surface area contributed by atoms with Crippen LogP contribution in [0.2, 0.25) is 0 Å². The summed E-state index contributed by atoms with van der Waals surface area (Å²) >= 11 is 0. The monoisotopic (exact) mass is 246 g/mol. The van der Waals surface area contributed by atoms with E-state index < -0.39 is 0 Å². The number of esters is 1. The summed E-state index contributed by atoms with van der Waals surface area (Å²) in [6.07, 6.45) is 11.9. The fourth-order valence-electron chi connectivity index (χ4n) is 4.22. The minimum absolute atomic E-state index is 0.00136. The molecule has 1 heterocycles. The molecule has 3 aliphatic rings. The maximum absolute atomic E-state index is 12.0. The van der Waals surface area contributed by atoms with Crippen molar-refractivity contribution in [3.8, 4) is 0 Å². The molecule has 0 spiro atoms. The molecule has 2 aliphatic carbocycles. The van der Waals surface area contributed by atoms with Gasteiger partial charge in [-0.1, -0.05) is 30.2 Å². The molecule has 0 bridgehead atoms. The van der Waals surface area contributed by atoms with Gasteiger partial charge >= 0.3 is 5.97 Å². The van der Waals surface area contributed by atoms with Crippen LogP contribution in [0.3, 0.4) is 0 Å². The van der Waals surface area contributed by atoms with Gasteiger partial charge in [0.2, 0.25) is 0 Å². The largest absolute Gasteiger partial charge is 0.462 e. The Labute approximate surface area is 109 Å². The zero-order chi connectivity index (χ0) is 12.7. The second kappa shape index (κ2) is 4.56. The molecule has 1 saturated carbocycles. The summed E-state index contributed by atoms with van der Waals surface area (Å²) in [5, 5.41) is 0. The van der Waals surface area contributed by atoms with Gasteiger partial charge in [0.15, 0.2) is 0 Å². The molecule has 0 aromatic carbocycles. The van der Waals surface area contributed by atoms with Crippen molar-refractivity contribution in [3.05, 3.63) is 23.8 Å². The fourth-order valence-corrected chi connectivity index (χ4v) is 4.22. The van der Waals surface area contributed by atoms with Gasteiger partial charge in [-0.25, -0.2) is 0 Å². The summed E-state index contributed by atoms with van der Waals surface area (Å²) in [5.41, 5.74) is 1.52. The van der Waals surface area contributed by atoms with Crippen LogP contribution >= 0.6 is 0 Å². The van der Waals surface area contributed by atoms with Gasteiger partial charge in [-0.2, -0.15) is 0 Å². The first kappa shape index (κ1) is 12.0. The van der Waals surface area contributed by atoms with Gasteiger partial charge in [0.25, 0.3) is 0 Å². The SMILES string of the molecule is C/C=C/C1[C@H]2[C@H](C)OC(=O)[C@H]2C=C2CCCC[C@@H]21. The van der Waals surface area contributed by atoms with Crippen LogP contribution in [0, 0.1) is 23.7 Å². The Hall–Kier alpha value is -1.05. The average molecular weight is 246 g/mol. The minimum atomic E-state index is -0.00136. The zero-order valence-corrected chi connectivity index (χ0v) is 11.3. The van der Waals surface area contributed by atoms with Gasteiger partial charge < -0.3 is 4.74 Å². The van der Waals surface area contributed by atoms with Gasteiger partial charge in [-0.05, 0) is 44.9 Å². The van der Waals surface area contributed by atoms with E-state index in [4.69, 9.17) is 4.74 Å². The summed E-state index contributed by atoms with van der Waals surface area (Å²) < 4.78 is 5.47. The van der Waals surface area contributed by atoms with Crippen molar-refractivity contribution in [2.75, 3.05) is 0 Å². The van der Waals surface area contributed by atoms with Gasteiger partial charge in [0.05, 0.1) is 5.92 Å². The van der Waals surface area contributed by atoms with Crippen molar-refractivity contribution in [1.82, 2.24) is 0 Å². The van der Waals surface area contributed by atoms with Gasteiger partial charge in [-0.15, -0.1) is 0 Å². The first-order valence-electron chi connectivity index (χ1n) is 7.26. The van der Waals surface area contributed by atoms with Gasteiger partial charge in [0, 0.05) is 5.92 Å². The number of ether oxygens (including phenoxy) is 1. The Balaban J connectivity index is 2.00. The third kappa shape index (κ3) is 1.73. The molecule has 1 unspecified atom stereocenters. The molecule has 0 amide bonds. The molecule has 0 radical (unpaired) electrons. The van der Waals surface area contributed by atoms with E-state index in [1.54, 1.807) is 0 Å². The van der Waals surface area contributed by atoms with E-state index in [0.29, 0.717) is 17.8 Å². The highest BCUT2D eigenvalue weighted by Gasteiger charge is 2.50. The van der Waals surface area contributed by atoms with Crippen molar-refractivity contribution in [2.45, 2.75) is 45.6 Å². The van der Waals surface area contributed by atoms with Crippen LogP contribution in [0.25, 0.3) is 0 Å². The van der Waals surface area contributed by atoms with E-state index in [1.807, 2.05) is 0 Å². The maximum Gasteiger partial charge on any atom is 0.313 e. The number of allylic oxidation sites excluding steroid dienone is 3. The lowest BCUT2D eigenvalue weighted by Crippen LogP contribution is -2.37. The molecular formula is C16H22O2. The van der Waals surface area contributed by atoms with Crippen molar-refractivity contribution >= 4 is 5.97 Å². The Morgan fingerprint density at radius 1 is 1.39 bits per heavy atom. The van der Waals surface area contributed by atoms with Crippen LogP contribution in [0.1, 0.15) is 39.5 Å². The molecule has 2 nitrogen and oxygen atoms in total. The quantitative estimate of drug-likeness (QED) is 0.523. The summed E-state index contributed by atoms with van der Waals surface area (Å²) in [6.45, 7) is 4.14.